The predicted octanol–water partition coefficient (Wildman–Crippen LogP) is 3.87. The van der Waals surface area contributed by atoms with Crippen LogP contribution in [0.3, 0.4) is 0 Å². The third-order valence-electron chi connectivity index (χ3n) is 4.76. The van der Waals surface area contributed by atoms with Gasteiger partial charge in [-0.25, -0.2) is 0 Å². The van der Waals surface area contributed by atoms with Gasteiger partial charge in [0.15, 0.2) is 0 Å². The first kappa shape index (κ1) is 11.2. The maximum Gasteiger partial charge on any atom is 0.0360 e. The van der Waals surface area contributed by atoms with Gasteiger partial charge in [0.05, 0.1) is 0 Å². The minimum absolute atomic E-state index is 0.565. The number of nitrogens with one attached hydrogen (secondary N) is 1. The molecule has 0 unspecified atom stereocenters. The van der Waals surface area contributed by atoms with E-state index >= 15 is 0 Å². The average Bonchev–Trinajstić information content (AvgIpc) is 2.83. The summed E-state index contributed by atoms with van der Waals surface area (Å²) in [6.45, 7) is 1.16. The van der Waals surface area contributed by atoms with Crippen molar-refractivity contribution >= 4 is 0 Å². The highest BCUT2D eigenvalue weighted by Crippen LogP contribution is 2.51. The van der Waals surface area contributed by atoms with E-state index in [2.05, 4.69) is 59.9 Å². The summed E-state index contributed by atoms with van der Waals surface area (Å²) in [6, 6.07) is 20.6. The second kappa shape index (κ2) is 4.50. The molecule has 1 N–H and O–H groups in total. The Morgan fingerprint density at radius 2 is 1.58 bits per heavy atom. The fourth-order valence-electron chi connectivity index (χ4n) is 4.01. The van der Waals surface area contributed by atoms with Gasteiger partial charge in [-0.15, -0.1) is 0 Å². The van der Waals surface area contributed by atoms with Crippen LogP contribution in [0.25, 0.3) is 0 Å². The molecule has 0 bridgehead atoms. The lowest BCUT2D eigenvalue weighted by Gasteiger charge is -2.31. The van der Waals surface area contributed by atoms with Crippen LogP contribution in [0.1, 0.15) is 41.5 Å². The molecule has 19 heavy (non-hydrogen) atoms. The molecule has 1 aliphatic heterocycles. The Kier molecular flexibility index (Phi) is 2.66. The van der Waals surface area contributed by atoms with Crippen molar-refractivity contribution in [3.63, 3.8) is 0 Å². The molecule has 3 atom stereocenters. The molecule has 0 amide bonds. The molecule has 0 radical (unpaired) electrons. The van der Waals surface area contributed by atoms with Gasteiger partial charge in [0, 0.05) is 12.0 Å². The van der Waals surface area contributed by atoms with E-state index in [-0.39, 0.29) is 0 Å². The maximum atomic E-state index is 3.74. The van der Waals surface area contributed by atoms with Gasteiger partial charge in [-0.2, -0.15) is 0 Å². The van der Waals surface area contributed by atoms with Crippen LogP contribution in [0.4, 0.5) is 0 Å². The van der Waals surface area contributed by atoms with E-state index in [0.29, 0.717) is 12.0 Å². The third kappa shape index (κ3) is 1.73. The Morgan fingerprint density at radius 1 is 0.842 bits per heavy atom. The minimum atomic E-state index is 0.565. The van der Waals surface area contributed by atoms with Gasteiger partial charge in [-0.1, -0.05) is 54.6 Å². The van der Waals surface area contributed by atoms with Crippen molar-refractivity contribution in [3.8, 4) is 0 Å². The summed E-state index contributed by atoms with van der Waals surface area (Å²) in [6.07, 6.45) is 2.64. The van der Waals surface area contributed by atoms with Crippen LogP contribution in [0.2, 0.25) is 0 Å². The summed E-state index contributed by atoms with van der Waals surface area (Å²) < 4.78 is 0. The summed E-state index contributed by atoms with van der Waals surface area (Å²) in [7, 11) is 0. The smallest absolute Gasteiger partial charge is 0.0360 e. The van der Waals surface area contributed by atoms with E-state index in [9.17, 15) is 0 Å². The monoisotopic (exact) mass is 249 g/mol. The molecule has 0 spiro atoms. The molecule has 2 aromatic carbocycles. The van der Waals surface area contributed by atoms with Crippen LogP contribution in [0, 0.1) is 5.92 Å². The van der Waals surface area contributed by atoms with Crippen LogP contribution in [0.15, 0.2) is 54.6 Å². The van der Waals surface area contributed by atoms with Gasteiger partial charge in [0.2, 0.25) is 0 Å². The first-order chi connectivity index (χ1) is 9.45. The van der Waals surface area contributed by atoms with Gasteiger partial charge in [0.1, 0.15) is 0 Å². The van der Waals surface area contributed by atoms with Crippen molar-refractivity contribution in [1.82, 2.24) is 5.32 Å². The molecule has 1 heterocycles. The van der Waals surface area contributed by atoms with Gasteiger partial charge in [0.25, 0.3) is 0 Å². The molecule has 2 aromatic rings. The van der Waals surface area contributed by atoms with Crippen molar-refractivity contribution in [2.24, 2.45) is 5.92 Å². The number of benzene rings is 2. The topological polar surface area (TPSA) is 12.0 Å². The summed E-state index contributed by atoms with van der Waals surface area (Å²) in [5.74, 6) is 1.31. The van der Waals surface area contributed by atoms with Crippen LogP contribution in [0.5, 0.6) is 0 Å². The Labute approximate surface area is 114 Å². The zero-order valence-electron chi connectivity index (χ0n) is 11.0. The van der Waals surface area contributed by atoms with Gasteiger partial charge >= 0.3 is 0 Å². The number of fused-ring (bicyclic) bond motifs is 3. The molecule has 1 saturated heterocycles. The number of piperidine rings is 1. The first-order valence-corrected chi connectivity index (χ1v) is 7.32. The largest absolute Gasteiger partial charge is 0.310 e. The van der Waals surface area contributed by atoms with Crippen molar-refractivity contribution in [2.75, 3.05) is 6.54 Å². The van der Waals surface area contributed by atoms with Crippen molar-refractivity contribution in [1.29, 1.82) is 0 Å². The normalized spacial score (nSPS) is 28.7. The second-order valence-corrected chi connectivity index (χ2v) is 5.76. The van der Waals surface area contributed by atoms with Gasteiger partial charge in [-0.05, 0) is 42.0 Å². The van der Waals surface area contributed by atoms with E-state index in [1.54, 1.807) is 0 Å². The lowest BCUT2D eigenvalue weighted by molar-refractivity contribution is 0.287. The maximum absolute atomic E-state index is 3.74. The first-order valence-electron chi connectivity index (χ1n) is 7.32. The number of hydrogen-bond donors (Lipinski definition) is 1. The van der Waals surface area contributed by atoms with E-state index in [1.165, 1.54) is 29.5 Å². The zero-order valence-corrected chi connectivity index (χ0v) is 11.0. The van der Waals surface area contributed by atoms with Crippen LogP contribution >= 0.6 is 0 Å². The fraction of sp³-hybridized carbons (Fsp3) is 0.333. The molecule has 1 fully saturated rings. The highest BCUT2D eigenvalue weighted by Gasteiger charge is 2.41. The van der Waals surface area contributed by atoms with Crippen LogP contribution in [-0.4, -0.2) is 6.54 Å². The molecule has 4 rings (SSSR count). The van der Waals surface area contributed by atoms with E-state index in [1.807, 2.05) is 0 Å². The van der Waals surface area contributed by atoms with Crippen molar-refractivity contribution in [2.45, 2.75) is 24.8 Å². The lowest BCUT2D eigenvalue weighted by Crippen LogP contribution is -2.32. The van der Waals surface area contributed by atoms with E-state index in [4.69, 9.17) is 0 Å². The zero-order chi connectivity index (χ0) is 12.7. The van der Waals surface area contributed by atoms with Crippen molar-refractivity contribution < 1.29 is 0 Å². The molecule has 96 valence electrons. The van der Waals surface area contributed by atoms with Gasteiger partial charge in [-0.3, -0.25) is 0 Å². The Balaban J connectivity index is 1.85. The third-order valence-corrected chi connectivity index (χ3v) is 4.76. The molecule has 0 aromatic heterocycles. The molecule has 2 aliphatic rings. The summed E-state index contributed by atoms with van der Waals surface area (Å²) >= 11 is 0. The summed E-state index contributed by atoms with van der Waals surface area (Å²) in [4.78, 5) is 0. The number of hydrogen-bond acceptors (Lipinski definition) is 1. The summed E-state index contributed by atoms with van der Waals surface area (Å²) in [5.41, 5.74) is 4.55. The quantitative estimate of drug-likeness (QED) is 0.809. The SMILES string of the molecule is c1ccc([C@H]2c3ccccc3[C@@H]3NCCC[C@H]23)cc1. The standard InChI is InChI=1S/C18H19N/c1-2-7-13(8-3-1)17-14-9-4-5-10-15(14)18-16(17)11-6-12-19-18/h1-5,7-10,16-19H,6,11-12H2/t16-,17+,18+/m1/s1. The lowest BCUT2D eigenvalue weighted by atomic mass is 9.80. The van der Waals surface area contributed by atoms with Gasteiger partial charge < -0.3 is 5.32 Å². The molecule has 1 aliphatic carbocycles. The molecular weight excluding hydrogens is 230 g/mol. The Hall–Kier alpha value is -1.60. The predicted molar refractivity (Wildman–Crippen MR) is 78.2 cm³/mol. The Bertz CT molecular complexity index is 575. The Morgan fingerprint density at radius 3 is 2.42 bits per heavy atom. The van der Waals surface area contributed by atoms with Crippen molar-refractivity contribution in [3.05, 3.63) is 71.3 Å². The highest BCUT2D eigenvalue weighted by molar-refractivity contribution is 5.46. The average molecular weight is 249 g/mol. The molecule has 0 saturated carbocycles. The number of rotatable bonds is 1. The fourth-order valence-corrected chi connectivity index (χ4v) is 4.01. The molecular formula is C18H19N. The summed E-state index contributed by atoms with van der Waals surface area (Å²) in [5, 5.41) is 3.74. The van der Waals surface area contributed by atoms with E-state index < -0.39 is 0 Å². The molecule has 1 heteroatoms. The molecule has 1 nitrogen and oxygen atoms in total. The van der Waals surface area contributed by atoms with Crippen LogP contribution < -0.4 is 5.32 Å². The van der Waals surface area contributed by atoms with Crippen LogP contribution in [-0.2, 0) is 0 Å². The van der Waals surface area contributed by atoms with E-state index in [0.717, 1.165) is 12.5 Å². The minimum Gasteiger partial charge on any atom is -0.310 e. The second-order valence-electron chi connectivity index (χ2n) is 5.76. The highest BCUT2D eigenvalue weighted by atomic mass is 14.9.